The smallest absolute Gasteiger partial charge is 0.0295 e. The fourth-order valence-electron chi connectivity index (χ4n) is 3.59. The van der Waals surface area contributed by atoms with Crippen LogP contribution in [0.5, 0.6) is 0 Å². The van der Waals surface area contributed by atoms with Gasteiger partial charge in [-0.05, 0) is 48.9 Å². The molecule has 0 aliphatic heterocycles. The molecule has 0 heteroatoms. The van der Waals surface area contributed by atoms with Crippen molar-refractivity contribution in [2.45, 2.75) is 52.9 Å². The van der Waals surface area contributed by atoms with Gasteiger partial charge < -0.3 is 0 Å². The van der Waals surface area contributed by atoms with E-state index in [1.807, 2.05) is 0 Å². The Morgan fingerprint density at radius 2 is 1.92 bits per heavy atom. The number of fused-ring (bicyclic) bond motifs is 1. The number of hydrogen-bond acceptors (Lipinski definition) is 0. The molecule has 2 aliphatic carbocycles. The molecular formula is C12H22. The zero-order valence-electron chi connectivity index (χ0n) is 8.77. The minimum atomic E-state index is 0.742. The quantitative estimate of drug-likeness (QED) is 0.512. The van der Waals surface area contributed by atoms with Crippen molar-refractivity contribution < 1.29 is 0 Å². The molecule has 0 bridgehead atoms. The summed E-state index contributed by atoms with van der Waals surface area (Å²) in [5.74, 6) is 3.04. The zero-order chi connectivity index (χ0) is 8.77. The summed E-state index contributed by atoms with van der Waals surface area (Å²) in [5, 5.41) is 0. The summed E-state index contributed by atoms with van der Waals surface area (Å²) in [5.41, 5.74) is 0.742. The molecule has 0 aromatic rings. The molecule has 0 aromatic heterocycles. The van der Waals surface area contributed by atoms with Crippen molar-refractivity contribution in [1.82, 2.24) is 0 Å². The second-order valence-corrected chi connectivity index (χ2v) is 5.64. The second kappa shape index (κ2) is 2.75. The maximum Gasteiger partial charge on any atom is -0.0295 e. The van der Waals surface area contributed by atoms with Gasteiger partial charge in [-0.25, -0.2) is 0 Å². The molecule has 0 N–H and O–H groups in total. The molecule has 0 spiro atoms. The molecule has 0 aromatic carbocycles. The van der Waals surface area contributed by atoms with Crippen molar-refractivity contribution in [1.29, 1.82) is 0 Å². The molecule has 0 amide bonds. The number of hydrogen-bond donors (Lipinski definition) is 0. The summed E-state index contributed by atoms with van der Waals surface area (Å²) in [6.45, 7) is 7.43. The van der Waals surface area contributed by atoms with Crippen LogP contribution in [0, 0.1) is 23.2 Å². The molecule has 12 heavy (non-hydrogen) atoms. The van der Waals surface area contributed by atoms with Gasteiger partial charge in [-0.2, -0.15) is 0 Å². The van der Waals surface area contributed by atoms with E-state index in [1.165, 1.54) is 32.1 Å². The Bertz CT molecular complexity index is 173. The van der Waals surface area contributed by atoms with E-state index in [2.05, 4.69) is 20.8 Å². The van der Waals surface area contributed by atoms with E-state index in [4.69, 9.17) is 0 Å². The van der Waals surface area contributed by atoms with Crippen molar-refractivity contribution in [3.63, 3.8) is 0 Å². The lowest BCUT2D eigenvalue weighted by Gasteiger charge is -2.43. The van der Waals surface area contributed by atoms with E-state index in [1.54, 1.807) is 0 Å². The van der Waals surface area contributed by atoms with Crippen LogP contribution in [0.4, 0.5) is 0 Å². The summed E-state index contributed by atoms with van der Waals surface area (Å²) >= 11 is 0. The Balaban J connectivity index is 2.12. The summed E-state index contributed by atoms with van der Waals surface area (Å²) < 4.78 is 0. The van der Waals surface area contributed by atoms with E-state index >= 15 is 0 Å². The first kappa shape index (κ1) is 8.59. The minimum absolute atomic E-state index is 0.742. The summed E-state index contributed by atoms with van der Waals surface area (Å²) in [6.07, 6.45) is 7.54. The third-order valence-corrected chi connectivity index (χ3v) is 4.70. The average molecular weight is 166 g/mol. The van der Waals surface area contributed by atoms with Gasteiger partial charge in [0, 0.05) is 0 Å². The molecule has 4 unspecified atom stereocenters. The van der Waals surface area contributed by atoms with E-state index in [0.29, 0.717) is 0 Å². The highest BCUT2D eigenvalue weighted by molar-refractivity contribution is 4.94. The first-order chi connectivity index (χ1) is 5.62. The Morgan fingerprint density at radius 3 is 2.67 bits per heavy atom. The normalized spacial score (nSPS) is 53.8. The molecule has 2 saturated carbocycles. The van der Waals surface area contributed by atoms with Crippen molar-refractivity contribution in [2.24, 2.45) is 23.2 Å². The average Bonchev–Trinajstić information content (AvgIpc) is 2.32. The molecule has 0 heterocycles. The summed E-state index contributed by atoms with van der Waals surface area (Å²) in [4.78, 5) is 0. The number of rotatable bonds is 0. The monoisotopic (exact) mass is 166 g/mol. The predicted molar refractivity (Wildman–Crippen MR) is 53.0 cm³/mol. The Kier molecular flexibility index (Phi) is 1.97. The van der Waals surface area contributed by atoms with Crippen LogP contribution in [0.3, 0.4) is 0 Å². The van der Waals surface area contributed by atoms with Crippen LogP contribution in [-0.2, 0) is 0 Å². The van der Waals surface area contributed by atoms with Crippen molar-refractivity contribution in [2.75, 3.05) is 0 Å². The maximum absolute atomic E-state index is 2.53. The molecule has 0 radical (unpaired) electrons. The van der Waals surface area contributed by atoms with Gasteiger partial charge in [0.1, 0.15) is 0 Å². The molecule has 4 atom stereocenters. The highest BCUT2D eigenvalue weighted by Crippen LogP contribution is 2.54. The van der Waals surface area contributed by atoms with Crippen LogP contribution in [-0.4, -0.2) is 0 Å². The third kappa shape index (κ3) is 1.20. The molecule has 2 aliphatic rings. The minimum Gasteiger partial charge on any atom is -0.0622 e. The SMILES string of the molecule is CC1CC2CCCC2(C)CC1C. The molecule has 2 fully saturated rings. The Morgan fingerprint density at radius 1 is 1.17 bits per heavy atom. The molecule has 2 rings (SSSR count). The van der Waals surface area contributed by atoms with Crippen molar-refractivity contribution >= 4 is 0 Å². The summed E-state index contributed by atoms with van der Waals surface area (Å²) in [6, 6.07) is 0. The van der Waals surface area contributed by atoms with Gasteiger partial charge in [-0.3, -0.25) is 0 Å². The Hall–Kier alpha value is 0. The van der Waals surface area contributed by atoms with Gasteiger partial charge in [0.2, 0.25) is 0 Å². The topological polar surface area (TPSA) is 0 Å². The largest absolute Gasteiger partial charge is 0.0622 e. The highest BCUT2D eigenvalue weighted by atomic mass is 14.5. The second-order valence-electron chi connectivity index (χ2n) is 5.64. The van der Waals surface area contributed by atoms with E-state index in [9.17, 15) is 0 Å². The fraction of sp³-hybridized carbons (Fsp3) is 1.00. The first-order valence-electron chi connectivity index (χ1n) is 5.62. The molecule has 70 valence electrons. The van der Waals surface area contributed by atoms with Gasteiger partial charge in [0.15, 0.2) is 0 Å². The van der Waals surface area contributed by atoms with Crippen LogP contribution in [0.1, 0.15) is 52.9 Å². The van der Waals surface area contributed by atoms with Crippen LogP contribution in [0.15, 0.2) is 0 Å². The van der Waals surface area contributed by atoms with Gasteiger partial charge in [-0.15, -0.1) is 0 Å². The van der Waals surface area contributed by atoms with Crippen LogP contribution in [0.25, 0.3) is 0 Å². The Labute approximate surface area is 76.7 Å². The molecule has 0 nitrogen and oxygen atoms in total. The lowest BCUT2D eigenvalue weighted by molar-refractivity contribution is 0.0725. The van der Waals surface area contributed by atoms with E-state index in [-0.39, 0.29) is 0 Å². The predicted octanol–water partition coefficient (Wildman–Crippen LogP) is 3.86. The van der Waals surface area contributed by atoms with Crippen LogP contribution >= 0.6 is 0 Å². The van der Waals surface area contributed by atoms with Crippen LogP contribution < -0.4 is 0 Å². The highest BCUT2D eigenvalue weighted by Gasteiger charge is 2.44. The van der Waals surface area contributed by atoms with Crippen LogP contribution in [0.2, 0.25) is 0 Å². The van der Waals surface area contributed by atoms with Crippen molar-refractivity contribution in [3.05, 3.63) is 0 Å². The van der Waals surface area contributed by atoms with Gasteiger partial charge in [-0.1, -0.05) is 27.2 Å². The third-order valence-electron chi connectivity index (χ3n) is 4.70. The maximum atomic E-state index is 2.53. The van der Waals surface area contributed by atoms with Crippen molar-refractivity contribution in [3.8, 4) is 0 Å². The lowest BCUT2D eigenvalue weighted by atomic mass is 9.62. The van der Waals surface area contributed by atoms with Gasteiger partial charge in [0.05, 0.1) is 0 Å². The molecule has 0 saturated heterocycles. The molecular weight excluding hydrogens is 144 g/mol. The van der Waals surface area contributed by atoms with Gasteiger partial charge >= 0.3 is 0 Å². The standard InChI is InChI=1S/C12H22/c1-9-7-11-5-4-6-12(11,3)8-10(9)2/h9-11H,4-8H2,1-3H3. The van der Waals surface area contributed by atoms with E-state index in [0.717, 1.165) is 23.2 Å². The van der Waals surface area contributed by atoms with E-state index < -0.39 is 0 Å². The first-order valence-corrected chi connectivity index (χ1v) is 5.62. The van der Waals surface area contributed by atoms with Gasteiger partial charge in [0.25, 0.3) is 0 Å². The summed E-state index contributed by atoms with van der Waals surface area (Å²) in [7, 11) is 0. The fourth-order valence-corrected chi connectivity index (χ4v) is 3.59. The lowest BCUT2D eigenvalue weighted by Crippen LogP contribution is -2.33. The zero-order valence-corrected chi connectivity index (χ0v) is 8.77.